The lowest BCUT2D eigenvalue weighted by Gasteiger charge is -2.17. The SMILES string of the molecule is CCCOC(=C(C)C(=O)O)c1cc(C(OCCC)=C(C)C(=O)O)c2ccc(=O)oc2c1. The van der Waals surface area contributed by atoms with E-state index in [-0.39, 0.29) is 41.5 Å². The van der Waals surface area contributed by atoms with Crippen LogP contribution in [-0.2, 0) is 19.1 Å². The molecule has 0 aliphatic heterocycles. The zero-order chi connectivity index (χ0) is 23.1. The third-order valence-electron chi connectivity index (χ3n) is 4.47. The molecule has 0 aliphatic carbocycles. The smallest absolute Gasteiger partial charge is 0.336 e. The van der Waals surface area contributed by atoms with Gasteiger partial charge in [-0.25, -0.2) is 14.4 Å². The summed E-state index contributed by atoms with van der Waals surface area (Å²) >= 11 is 0. The van der Waals surface area contributed by atoms with Crippen molar-refractivity contribution in [3.05, 3.63) is 57.0 Å². The molecule has 0 bridgehead atoms. The molecule has 0 saturated carbocycles. The first kappa shape index (κ1) is 23.7. The monoisotopic (exact) mass is 430 g/mol. The van der Waals surface area contributed by atoms with Crippen molar-refractivity contribution in [2.75, 3.05) is 13.2 Å². The summed E-state index contributed by atoms with van der Waals surface area (Å²) in [5.41, 5.74) is 0.188. The van der Waals surface area contributed by atoms with Gasteiger partial charge in [0.1, 0.15) is 17.1 Å². The highest BCUT2D eigenvalue weighted by Crippen LogP contribution is 2.33. The summed E-state index contributed by atoms with van der Waals surface area (Å²) in [6.45, 7) is 7.13. The molecule has 2 rings (SSSR count). The fourth-order valence-corrected chi connectivity index (χ4v) is 2.89. The summed E-state index contributed by atoms with van der Waals surface area (Å²) < 4.78 is 16.8. The predicted octanol–water partition coefficient (Wildman–Crippen LogP) is 4.28. The molecule has 8 nitrogen and oxygen atoms in total. The fourth-order valence-electron chi connectivity index (χ4n) is 2.89. The van der Waals surface area contributed by atoms with Crippen LogP contribution in [0, 0.1) is 0 Å². The van der Waals surface area contributed by atoms with Gasteiger partial charge in [-0.3, -0.25) is 0 Å². The second-order valence-corrected chi connectivity index (χ2v) is 6.91. The highest BCUT2D eigenvalue weighted by atomic mass is 16.5. The van der Waals surface area contributed by atoms with Gasteiger partial charge in [0.2, 0.25) is 0 Å². The van der Waals surface area contributed by atoms with Crippen LogP contribution in [0.25, 0.3) is 22.5 Å². The molecular formula is C23H26O8. The number of aliphatic carboxylic acids is 2. The zero-order valence-corrected chi connectivity index (χ0v) is 18.0. The van der Waals surface area contributed by atoms with Crippen molar-refractivity contribution >= 4 is 34.4 Å². The lowest BCUT2D eigenvalue weighted by atomic mass is 9.98. The van der Waals surface area contributed by atoms with Crippen LogP contribution in [0.3, 0.4) is 0 Å². The topological polar surface area (TPSA) is 123 Å². The maximum atomic E-state index is 11.8. The molecule has 1 aromatic carbocycles. The molecule has 1 aromatic heterocycles. The van der Waals surface area contributed by atoms with Gasteiger partial charge in [-0.15, -0.1) is 0 Å². The number of carboxylic acids is 2. The van der Waals surface area contributed by atoms with Gasteiger partial charge in [0.15, 0.2) is 0 Å². The zero-order valence-electron chi connectivity index (χ0n) is 18.0. The van der Waals surface area contributed by atoms with Crippen LogP contribution in [0.1, 0.15) is 51.7 Å². The lowest BCUT2D eigenvalue weighted by molar-refractivity contribution is -0.133. The lowest BCUT2D eigenvalue weighted by Crippen LogP contribution is -2.08. The van der Waals surface area contributed by atoms with Gasteiger partial charge in [0, 0.05) is 22.6 Å². The Hall–Kier alpha value is -3.55. The molecule has 0 amide bonds. The normalized spacial score (nSPS) is 12.8. The number of hydrogen-bond donors (Lipinski definition) is 2. The van der Waals surface area contributed by atoms with Crippen LogP contribution < -0.4 is 5.63 Å². The van der Waals surface area contributed by atoms with Crippen LogP contribution in [0.4, 0.5) is 0 Å². The van der Waals surface area contributed by atoms with Crippen molar-refractivity contribution in [3.8, 4) is 0 Å². The van der Waals surface area contributed by atoms with Crippen molar-refractivity contribution in [3.63, 3.8) is 0 Å². The second kappa shape index (κ2) is 10.5. The number of benzene rings is 1. The van der Waals surface area contributed by atoms with Crippen molar-refractivity contribution in [2.45, 2.75) is 40.5 Å². The van der Waals surface area contributed by atoms with Crippen LogP contribution >= 0.6 is 0 Å². The Kier molecular flexibility index (Phi) is 8.01. The van der Waals surface area contributed by atoms with E-state index in [1.54, 1.807) is 6.07 Å². The molecule has 0 aliphatic rings. The van der Waals surface area contributed by atoms with E-state index in [1.807, 2.05) is 13.8 Å². The predicted molar refractivity (Wildman–Crippen MR) is 115 cm³/mol. The van der Waals surface area contributed by atoms with Gasteiger partial charge in [0.05, 0.1) is 24.4 Å². The van der Waals surface area contributed by atoms with Crippen molar-refractivity contribution in [1.29, 1.82) is 0 Å². The number of rotatable bonds is 10. The minimum Gasteiger partial charge on any atom is -0.492 e. The second-order valence-electron chi connectivity index (χ2n) is 6.91. The average Bonchev–Trinajstić information content (AvgIpc) is 2.73. The van der Waals surface area contributed by atoms with E-state index in [4.69, 9.17) is 13.9 Å². The third kappa shape index (κ3) is 5.53. The molecule has 2 aromatic rings. The maximum absolute atomic E-state index is 11.8. The maximum Gasteiger partial charge on any atom is 0.336 e. The summed E-state index contributed by atoms with van der Waals surface area (Å²) in [7, 11) is 0. The van der Waals surface area contributed by atoms with E-state index < -0.39 is 17.6 Å². The number of fused-ring (bicyclic) bond motifs is 1. The molecule has 0 saturated heterocycles. The average molecular weight is 430 g/mol. The van der Waals surface area contributed by atoms with Gasteiger partial charge in [-0.2, -0.15) is 0 Å². The summed E-state index contributed by atoms with van der Waals surface area (Å²) in [5, 5.41) is 19.5. The molecule has 31 heavy (non-hydrogen) atoms. The highest BCUT2D eigenvalue weighted by molar-refractivity contribution is 6.01. The summed E-state index contributed by atoms with van der Waals surface area (Å²) in [6.07, 6.45) is 1.29. The third-order valence-corrected chi connectivity index (χ3v) is 4.47. The first-order chi connectivity index (χ1) is 14.7. The quantitative estimate of drug-likeness (QED) is 0.325. The standard InChI is InChI=1S/C23H26O8/c1-5-9-29-20(13(3)22(25)26)15-11-17(16-7-8-19(24)31-18(16)12-15)21(30-10-6-2)14(4)23(27)28/h7-8,11-12H,5-6,9-10H2,1-4H3,(H,25,26)(H,27,28). The van der Waals surface area contributed by atoms with Gasteiger partial charge in [0.25, 0.3) is 0 Å². The largest absolute Gasteiger partial charge is 0.492 e. The summed E-state index contributed by atoms with van der Waals surface area (Å²) in [4.78, 5) is 35.2. The Balaban J connectivity index is 2.92. The molecular weight excluding hydrogens is 404 g/mol. The molecule has 0 fully saturated rings. The van der Waals surface area contributed by atoms with E-state index in [0.29, 0.717) is 29.4 Å². The molecule has 0 radical (unpaired) electrons. The van der Waals surface area contributed by atoms with Gasteiger partial charge in [-0.05, 0) is 44.9 Å². The van der Waals surface area contributed by atoms with E-state index in [2.05, 4.69) is 0 Å². The van der Waals surface area contributed by atoms with Crippen molar-refractivity contribution in [1.82, 2.24) is 0 Å². The van der Waals surface area contributed by atoms with E-state index >= 15 is 0 Å². The van der Waals surface area contributed by atoms with E-state index in [0.717, 1.165) is 0 Å². The molecule has 166 valence electrons. The summed E-state index contributed by atoms with van der Waals surface area (Å²) in [5.74, 6) is -2.12. The minimum atomic E-state index is -1.17. The Morgan fingerprint density at radius 3 is 2.00 bits per heavy atom. The van der Waals surface area contributed by atoms with E-state index in [9.17, 15) is 24.6 Å². The Bertz CT molecular complexity index is 1100. The number of carboxylic acid groups (broad SMARTS) is 2. The molecule has 1 heterocycles. The number of ether oxygens (including phenoxy) is 2. The molecule has 0 unspecified atom stereocenters. The van der Waals surface area contributed by atoms with Crippen molar-refractivity contribution in [2.24, 2.45) is 0 Å². The van der Waals surface area contributed by atoms with Crippen LogP contribution in [-0.4, -0.2) is 35.4 Å². The van der Waals surface area contributed by atoms with Gasteiger partial charge in [-0.1, -0.05) is 13.8 Å². The van der Waals surface area contributed by atoms with Gasteiger partial charge >= 0.3 is 17.6 Å². The molecule has 0 atom stereocenters. The molecule has 2 N–H and O–H groups in total. The Morgan fingerprint density at radius 2 is 1.45 bits per heavy atom. The summed E-state index contributed by atoms with van der Waals surface area (Å²) in [6, 6.07) is 5.85. The first-order valence-electron chi connectivity index (χ1n) is 9.93. The number of carbonyl (C=O) groups is 2. The van der Waals surface area contributed by atoms with Crippen molar-refractivity contribution < 1.29 is 33.7 Å². The van der Waals surface area contributed by atoms with Crippen LogP contribution in [0.15, 0.2) is 44.6 Å². The fraction of sp³-hybridized carbons (Fsp3) is 0.348. The van der Waals surface area contributed by atoms with Crippen LogP contribution in [0.5, 0.6) is 0 Å². The first-order valence-corrected chi connectivity index (χ1v) is 9.93. The Morgan fingerprint density at radius 1 is 0.903 bits per heavy atom. The molecule has 8 heteroatoms. The minimum absolute atomic E-state index is 0.0342. The number of hydrogen-bond acceptors (Lipinski definition) is 6. The highest BCUT2D eigenvalue weighted by Gasteiger charge is 2.21. The van der Waals surface area contributed by atoms with Crippen LogP contribution in [0.2, 0.25) is 0 Å². The molecule has 0 spiro atoms. The van der Waals surface area contributed by atoms with E-state index in [1.165, 1.54) is 32.0 Å². The Labute approximate surface area is 179 Å². The van der Waals surface area contributed by atoms with Gasteiger partial charge < -0.3 is 24.1 Å².